The third-order valence-corrected chi connectivity index (χ3v) is 10.9. The number of amides is 9. The zero-order chi connectivity index (χ0) is 46.2. The van der Waals surface area contributed by atoms with Gasteiger partial charge in [0.1, 0.15) is 36.7 Å². The summed E-state index contributed by atoms with van der Waals surface area (Å²) >= 11 is 6.19. The van der Waals surface area contributed by atoms with Crippen LogP contribution in [0.5, 0.6) is 5.75 Å². The Morgan fingerprint density at radius 1 is 0.922 bits per heavy atom. The van der Waals surface area contributed by atoms with Gasteiger partial charge in [-0.25, -0.2) is 9.59 Å². The number of piperidine rings is 1. The fraction of sp³-hybridized carbons (Fsp3) is 0.326. The monoisotopic (exact) mass is 900 g/mol. The number of hydrogen-bond donors (Lipinski definition) is 7. The van der Waals surface area contributed by atoms with E-state index in [4.69, 9.17) is 21.1 Å². The van der Waals surface area contributed by atoms with E-state index in [0.717, 1.165) is 10.5 Å². The molecule has 0 saturated carbocycles. The molecule has 6 rings (SSSR count). The zero-order valence-corrected chi connectivity index (χ0v) is 35.6. The summed E-state index contributed by atoms with van der Waals surface area (Å²) in [5.74, 6) is -3.81. The number of nitrogens with one attached hydrogen (secondary N) is 6. The molecular formula is C43H45ClN8O12. The van der Waals surface area contributed by atoms with Crippen molar-refractivity contribution in [3.8, 4) is 5.75 Å². The van der Waals surface area contributed by atoms with Crippen molar-refractivity contribution in [3.05, 3.63) is 99.6 Å². The van der Waals surface area contributed by atoms with Crippen molar-refractivity contribution in [1.29, 1.82) is 0 Å². The Bertz CT molecular complexity index is 2430. The van der Waals surface area contributed by atoms with Gasteiger partial charge in [-0.05, 0) is 74.7 Å². The number of imide groups is 1. The van der Waals surface area contributed by atoms with Gasteiger partial charge in [-0.3, -0.25) is 38.9 Å². The largest absolute Gasteiger partial charge is 0.514 e. The Kier molecular flexibility index (Phi) is 14.6. The first-order valence-electron chi connectivity index (χ1n) is 20.1. The molecule has 3 aliphatic rings. The van der Waals surface area contributed by atoms with Crippen LogP contribution in [0.2, 0.25) is 5.02 Å². The molecule has 0 radical (unpaired) electrons. The van der Waals surface area contributed by atoms with Crippen molar-refractivity contribution in [3.63, 3.8) is 0 Å². The Morgan fingerprint density at radius 2 is 1.64 bits per heavy atom. The maximum atomic E-state index is 13.5. The molecule has 1 saturated heterocycles. The summed E-state index contributed by atoms with van der Waals surface area (Å²) in [5, 5.41) is 25.5. The number of carbonyl (C=O) groups excluding carboxylic acids is 9. The summed E-state index contributed by atoms with van der Waals surface area (Å²) < 4.78 is 11.1. The lowest BCUT2D eigenvalue weighted by molar-refractivity contribution is -0.137. The maximum Gasteiger partial charge on any atom is 0.514 e. The number of hydrogen-bond acceptors (Lipinski definition) is 12. The number of nitrogens with zero attached hydrogens (tertiary/aromatic N) is 2. The number of aliphatic hydroxyl groups is 1. The van der Waals surface area contributed by atoms with E-state index in [0.29, 0.717) is 27.5 Å². The van der Waals surface area contributed by atoms with Crippen LogP contribution in [-0.4, -0.2) is 99.3 Å². The van der Waals surface area contributed by atoms with Crippen LogP contribution < -0.4 is 36.6 Å². The van der Waals surface area contributed by atoms with Gasteiger partial charge in [0.05, 0.1) is 6.54 Å². The lowest BCUT2D eigenvalue weighted by atomic mass is 10.0. The van der Waals surface area contributed by atoms with E-state index < -0.39 is 77.9 Å². The number of anilines is 2. The number of rotatable bonds is 15. The molecule has 7 N–H and O–H groups in total. The fourth-order valence-corrected chi connectivity index (χ4v) is 7.07. The quantitative estimate of drug-likeness (QED) is 0.0659. The fourth-order valence-electron chi connectivity index (χ4n) is 6.89. The summed E-state index contributed by atoms with van der Waals surface area (Å²) in [7, 11) is 0. The van der Waals surface area contributed by atoms with Crippen LogP contribution in [0.1, 0.15) is 65.7 Å². The second kappa shape index (κ2) is 20.2. The highest BCUT2D eigenvalue weighted by molar-refractivity contribution is 6.31. The number of aryl methyl sites for hydroxylation is 1. The zero-order valence-electron chi connectivity index (χ0n) is 34.8. The molecule has 0 spiro atoms. The molecule has 3 heterocycles. The topological polar surface area (TPSA) is 271 Å². The molecule has 336 valence electrons. The smallest absolute Gasteiger partial charge is 0.429 e. The summed E-state index contributed by atoms with van der Waals surface area (Å²) in [6.45, 7) is 4.07. The van der Waals surface area contributed by atoms with Crippen LogP contribution in [0.3, 0.4) is 0 Å². The maximum absolute atomic E-state index is 13.5. The number of ether oxygens (including phenoxy) is 2. The first-order chi connectivity index (χ1) is 30.5. The van der Waals surface area contributed by atoms with Gasteiger partial charge in [-0.15, -0.1) is 0 Å². The summed E-state index contributed by atoms with van der Waals surface area (Å²) in [5.41, 5.74) is 2.83. The van der Waals surface area contributed by atoms with Crippen molar-refractivity contribution < 1.29 is 57.7 Å². The normalized spacial score (nSPS) is 17.5. The number of aliphatic hydroxyl groups excluding tert-OH is 1. The summed E-state index contributed by atoms with van der Waals surface area (Å²) in [6, 6.07) is 10.7. The van der Waals surface area contributed by atoms with Gasteiger partial charge in [0.2, 0.25) is 35.4 Å². The van der Waals surface area contributed by atoms with Crippen molar-refractivity contribution in [1.82, 2.24) is 31.1 Å². The standard InChI is InChI=1S/C43H45ClN8O12/c1-22-4-8-28(18-31(22)44)49-42(61)45-19-26-7-11-29-30(20-52(41(29)60)32-12-13-33(53)50-40(32)59)37(26)64-43(62)63-21-25-5-9-27(10-6-25)48-39(58)24(3)47-38(57)23(2)46-34(54)16-17-51-35(55)14-15-36(51)56/h4-11,14-15,18,23-24,32,35,55H,12-13,16-17,19-21H2,1-3H3,(H,46,54)(H,47,57)(H,48,58)(H2,45,49,61)(H,50,53,59)/t23-,24-,32?,35?/m0/s1. The number of carbonyl (C=O) groups is 9. The molecule has 3 aromatic rings. The Hall–Kier alpha value is -7.32. The molecular weight excluding hydrogens is 856 g/mol. The van der Waals surface area contributed by atoms with Crippen LogP contribution in [0, 0.1) is 6.92 Å². The first-order valence-corrected chi connectivity index (χ1v) is 20.5. The van der Waals surface area contributed by atoms with Gasteiger partial charge in [-0.2, -0.15) is 0 Å². The van der Waals surface area contributed by atoms with E-state index in [1.807, 2.05) is 6.92 Å². The first kappa shape index (κ1) is 46.2. The highest BCUT2D eigenvalue weighted by Crippen LogP contribution is 2.37. The van der Waals surface area contributed by atoms with Crippen LogP contribution in [0.25, 0.3) is 0 Å². The van der Waals surface area contributed by atoms with Crippen LogP contribution in [0.4, 0.5) is 21.0 Å². The summed E-state index contributed by atoms with van der Waals surface area (Å²) in [6.07, 6.45) is 0.217. The van der Waals surface area contributed by atoms with Gasteiger partial charge in [-0.1, -0.05) is 35.9 Å². The predicted molar refractivity (Wildman–Crippen MR) is 227 cm³/mol. The molecule has 64 heavy (non-hydrogen) atoms. The second-order valence-electron chi connectivity index (χ2n) is 15.2. The number of halogens is 1. The predicted octanol–water partition coefficient (Wildman–Crippen LogP) is 2.50. The number of urea groups is 1. The minimum Gasteiger partial charge on any atom is -0.429 e. The van der Waals surface area contributed by atoms with E-state index in [1.165, 1.54) is 55.2 Å². The van der Waals surface area contributed by atoms with E-state index in [2.05, 4.69) is 31.9 Å². The molecule has 1 fully saturated rings. The molecule has 9 amide bonds. The van der Waals surface area contributed by atoms with Crippen molar-refractivity contribution >= 4 is 76.5 Å². The molecule has 3 aromatic carbocycles. The Morgan fingerprint density at radius 3 is 2.33 bits per heavy atom. The molecule has 0 aliphatic carbocycles. The van der Waals surface area contributed by atoms with E-state index in [-0.39, 0.29) is 62.4 Å². The highest BCUT2D eigenvalue weighted by Gasteiger charge is 2.41. The minimum absolute atomic E-state index is 0.0355. The van der Waals surface area contributed by atoms with E-state index in [1.54, 1.807) is 30.3 Å². The van der Waals surface area contributed by atoms with Crippen molar-refractivity contribution in [2.24, 2.45) is 0 Å². The Labute approximate surface area is 371 Å². The minimum atomic E-state index is -1.15. The second-order valence-corrected chi connectivity index (χ2v) is 15.6. The molecule has 0 bridgehead atoms. The number of benzene rings is 3. The van der Waals surface area contributed by atoms with Crippen molar-refractivity contribution in [2.75, 3.05) is 17.2 Å². The molecule has 0 aromatic heterocycles. The van der Waals surface area contributed by atoms with E-state index >= 15 is 0 Å². The molecule has 20 nitrogen and oxygen atoms in total. The third kappa shape index (κ3) is 11.4. The highest BCUT2D eigenvalue weighted by atomic mass is 35.5. The van der Waals surface area contributed by atoms with Crippen LogP contribution in [-0.2, 0) is 53.2 Å². The Balaban J connectivity index is 1.03. The van der Waals surface area contributed by atoms with Gasteiger partial charge >= 0.3 is 12.2 Å². The van der Waals surface area contributed by atoms with Gasteiger partial charge < -0.3 is 51.0 Å². The average Bonchev–Trinajstić information content (AvgIpc) is 3.76. The van der Waals surface area contributed by atoms with Crippen LogP contribution in [0.15, 0.2) is 66.7 Å². The SMILES string of the molecule is Cc1ccc(NC(=O)NCc2ccc3c(c2OC(=O)OCc2ccc(NC(=O)[C@H](C)NC(=O)[C@H](C)NC(=O)CCN4C(=O)C=CC4O)cc2)CN(C2CCC(=O)NC2=O)C3=O)cc1Cl. The van der Waals surface area contributed by atoms with Gasteiger partial charge in [0, 0.05) is 65.1 Å². The lowest BCUT2D eigenvalue weighted by Crippen LogP contribution is -2.52. The van der Waals surface area contributed by atoms with Crippen LogP contribution >= 0.6 is 11.6 Å². The molecule has 4 atom stereocenters. The molecule has 2 unspecified atom stereocenters. The average molecular weight is 901 g/mol. The molecule has 21 heteroatoms. The van der Waals surface area contributed by atoms with E-state index in [9.17, 15) is 48.3 Å². The van der Waals surface area contributed by atoms with Gasteiger partial charge in [0.15, 0.2) is 0 Å². The number of fused-ring (bicyclic) bond motifs is 1. The third-order valence-electron chi connectivity index (χ3n) is 10.5. The molecule has 3 aliphatic heterocycles. The van der Waals surface area contributed by atoms with Crippen molar-refractivity contribution in [2.45, 2.75) is 84.1 Å². The lowest BCUT2D eigenvalue weighted by Gasteiger charge is -2.29. The van der Waals surface area contributed by atoms with Gasteiger partial charge in [0.25, 0.3) is 5.91 Å². The summed E-state index contributed by atoms with van der Waals surface area (Å²) in [4.78, 5) is 116.